The van der Waals surface area contributed by atoms with Gasteiger partial charge in [-0.3, -0.25) is 0 Å². The number of hydrogen-bond donors (Lipinski definition) is 2. The lowest BCUT2D eigenvalue weighted by Crippen LogP contribution is -2.52. The van der Waals surface area contributed by atoms with Gasteiger partial charge in [0, 0.05) is 23.5 Å². The summed E-state index contributed by atoms with van der Waals surface area (Å²) in [7, 11) is -2.15. The van der Waals surface area contributed by atoms with Crippen LogP contribution in [0.1, 0.15) is 29.5 Å². The maximum Gasteiger partial charge on any atom is 0.253 e. The molecule has 0 bridgehead atoms. The van der Waals surface area contributed by atoms with Crippen LogP contribution in [0.25, 0.3) is 0 Å². The van der Waals surface area contributed by atoms with Crippen LogP contribution in [0.3, 0.4) is 0 Å². The van der Waals surface area contributed by atoms with Crippen LogP contribution in [0.4, 0.5) is 0 Å². The van der Waals surface area contributed by atoms with E-state index < -0.39 is 16.3 Å². The van der Waals surface area contributed by atoms with Crippen LogP contribution >= 0.6 is 0 Å². The van der Waals surface area contributed by atoms with Crippen LogP contribution in [-0.4, -0.2) is 28.5 Å². The third-order valence-corrected chi connectivity index (χ3v) is 7.52. The van der Waals surface area contributed by atoms with Gasteiger partial charge in [0.2, 0.25) is 6.79 Å². The van der Waals surface area contributed by atoms with Crippen molar-refractivity contribution < 1.29 is 27.4 Å². The Morgan fingerprint density at radius 3 is 2.29 bits per heavy atom. The van der Waals surface area contributed by atoms with E-state index in [2.05, 4.69) is 10.3 Å². The summed E-state index contributed by atoms with van der Waals surface area (Å²) in [5, 5.41) is 0. The average Bonchev–Trinajstić information content (AvgIpc) is 3.29. The lowest BCUT2D eigenvalue weighted by Gasteiger charge is -2.38. The van der Waals surface area contributed by atoms with Crippen molar-refractivity contribution in [3.8, 4) is 23.0 Å². The van der Waals surface area contributed by atoms with Crippen molar-refractivity contribution >= 4 is 10.0 Å². The molecule has 3 aromatic carbocycles. The third kappa shape index (κ3) is 4.18. The number of aryl methyl sites for hydroxylation is 1. The van der Waals surface area contributed by atoms with Crippen molar-refractivity contribution in [1.82, 2.24) is 10.3 Å². The highest BCUT2D eigenvalue weighted by atomic mass is 32.2. The smallest absolute Gasteiger partial charge is 0.253 e. The maximum absolute atomic E-state index is 12.8. The van der Waals surface area contributed by atoms with Gasteiger partial charge < -0.3 is 18.9 Å². The molecule has 3 aromatic rings. The molecule has 2 aliphatic heterocycles. The number of hydrogen-bond acceptors (Lipinski definition) is 7. The number of nitrogens with one attached hydrogen (secondary N) is 2. The molecule has 3 atom stereocenters. The molecular weight excluding hydrogens is 456 g/mol. The highest BCUT2D eigenvalue weighted by Gasteiger charge is 2.38. The van der Waals surface area contributed by atoms with Gasteiger partial charge in [0.15, 0.2) is 17.7 Å². The summed E-state index contributed by atoms with van der Waals surface area (Å²) < 4.78 is 48.3. The van der Waals surface area contributed by atoms with Gasteiger partial charge in [-0.1, -0.05) is 36.8 Å². The molecular formula is C25H26N2O6S. The zero-order valence-electron chi connectivity index (χ0n) is 19.1. The zero-order chi connectivity index (χ0) is 23.9. The van der Waals surface area contributed by atoms with Gasteiger partial charge in [-0.25, -0.2) is 13.8 Å². The number of rotatable bonds is 6. The van der Waals surface area contributed by atoms with Crippen molar-refractivity contribution in [3.05, 3.63) is 77.4 Å². The van der Waals surface area contributed by atoms with Crippen LogP contribution < -0.4 is 29.2 Å². The molecule has 2 heterocycles. The van der Waals surface area contributed by atoms with Crippen molar-refractivity contribution in [1.29, 1.82) is 0 Å². The van der Waals surface area contributed by atoms with E-state index in [1.165, 1.54) is 0 Å². The lowest BCUT2D eigenvalue weighted by atomic mass is 9.78. The van der Waals surface area contributed by atoms with Crippen LogP contribution in [0.2, 0.25) is 0 Å². The van der Waals surface area contributed by atoms with E-state index in [0.717, 1.165) is 22.4 Å². The fourth-order valence-electron chi connectivity index (χ4n) is 4.35. The minimum absolute atomic E-state index is 0.0921. The molecule has 0 fully saturated rings. The predicted octanol–water partition coefficient (Wildman–Crippen LogP) is 3.70. The minimum atomic E-state index is -3.78. The van der Waals surface area contributed by atoms with Gasteiger partial charge in [0.05, 0.1) is 12.0 Å². The summed E-state index contributed by atoms with van der Waals surface area (Å²) in [6.45, 7) is 4.07. The SMILES string of the molecule is COc1ccc(C2c3cc4c(cc3OC(NNS(=O)(=O)c3ccc(C)cc3)C2C)OCO4)cc1. The predicted molar refractivity (Wildman–Crippen MR) is 126 cm³/mol. The highest BCUT2D eigenvalue weighted by Crippen LogP contribution is 2.48. The van der Waals surface area contributed by atoms with E-state index in [9.17, 15) is 8.42 Å². The normalized spacial score (nSPS) is 21.0. The topological polar surface area (TPSA) is 95.1 Å². The second kappa shape index (κ2) is 8.83. The number of sulfonamides is 1. The Bertz CT molecular complexity index is 1290. The van der Waals surface area contributed by atoms with Gasteiger partial charge in [-0.05, 0) is 42.8 Å². The van der Waals surface area contributed by atoms with E-state index in [-0.39, 0.29) is 23.5 Å². The molecule has 2 aliphatic rings. The second-order valence-corrected chi connectivity index (χ2v) is 10.1. The number of benzene rings is 3. The summed E-state index contributed by atoms with van der Waals surface area (Å²) in [5.74, 6) is 2.40. The van der Waals surface area contributed by atoms with Gasteiger partial charge in [-0.15, -0.1) is 4.83 Å². The monoisotopic (exact) mass is 482 g/mol. The number of methoxy groups -OCH3 is 1. The average molecular weight is 483 g/mol. The molecule has 34 heavy (non-hydrogen) atoms. The lowest BCUT2D eigenvalue weighted by molar-refractivity contribution is 0.0737. The number of fused-ring (bicyclic) bond motifs is 2. The van der Waals surface area contributed by atoms with E-state index in [0.29, 0.717) is 17.2 Å². The molecule has 0 aromatic heterocycles. The molecule has 0 aliphatic carbocycles. The van der Waals surface area contributed by atoms with Crippen LogP contribution in [0.5, 0.6) is 23.0 Å². The minimum Gasteiger partial charge on any atom is -0.497 e. The van der Waals surface area contributed by atoms with E-state index in [4.69, 9.17) is 18.9 Å². The van der Waals surface area contributed by atoms with E-state index in [1.807, 2.05) is 44.2 Å². The van der Waals surface area contributed by atoms with Crippen molar-refractivity contribution in [2.45, 2.75) is 30.9 Å². The Kier molecular flexibility index (Phi) is 5.85. The Morgan fingerprint density at radius 1 is 0.941 bits per heavy atom. The first-order valence-electron chi connectivity index (χ1n) is 10.9. The van der Waals surface area contributed by atoms with Crippen molar-refractivity contribution in [3.63, 3.8) is 0 Å². The van der Waals surface area contributed by atoms with Gasteiger partial charge in [0.1, 0.15) is 11.5 Å². The van der Waals surface area contributed by atoms with Crippen LogP contribution in [0, 0.1) is 12.8 Å². The third-order valence-electron chi connectivity index (χ3n) is 6.24. The molecule has 2 N–H and O–H groups in total. The second-order valence-electron chi connectivity index (χ2n) is 8.45. The van der Waals surface area contributed by atoms with Gasteiger partial charge in [0.25, 0.3) is 10.0 Å². The Balaban J connectivity index is 1.46. The van der Waals surface area contributed by atoms with Gasteiger partial charge in [-0.2, -0.15) is 0 Å². The summed E-state index contributed by atoms with van der Waals surface area (Å²) in [5.41, 5.74) is 5.87. The van der Waals surface area contributed by atoms with Crippen LogP contribution in [-0.2, 0) is 10.0 Å². The fraction of sp³-hybridized carbons (Fsp3) is 0.280. The Hall–Kier alpha value is -3.27. The molecule has 178 valence electrons. The van der Waals surface area contributed by atoms with E-state index >= 15 is 0 Å². The summed E-state index contributed by atoms with van der Waals surface area (Å²) in [4.78, 5) is 2.66. The standard InChI is InChI=1S/C25H26N2O6S/c1-15-4-10-19(11-5-15)34(28,29)27-26-25-16(2)24(17-6-8-18(30-3)9-7-17)20-12-22-23(32-14-31-22)13-21(20)33-25/h4-13,16,24-27H,14H2,1-3H3. The summed E-state index contributed by atoms with van der Waals surface area (Å²) in [6, 6.07) is 18.2. The fourth-order valence-corrected chi connectivity index (χ4v) is 5.24. The van der Waals surface area contributed by atoms with Gasteiger partial charge >= 0.3 is 0 Å². The summed E-state index contributed by atoms with van der Waals surface area (Å²) in [6.07, 6.45) is -0.639. The molecule has 3 unspecified atom stereocenters. The Morgan fingerprint density at radius 2 is 1.62 bits per heavy atom. The Labute approximate surface area is 198 Å². The number of hydrazine groups is 1. The molecule has 9 heteroatoms. The molecule has 0 spiro atoms. The summed E-state index contributed by atoms with van der Waals surface area (Å²) >= 11 is 0. The van der Waals surface area contributed by atoms with Crippen molar-refractivity contribution in [2.75, 3.05) is 13.9 Å². The number of ether oxygens (including phenoxy) is 4. The van der Waals surface area contributed by atoms with Crippen LogP contribution in [0.15, 0.2) is 65.6 Å². The van der Waals surface area contributed by atoms with E-state index in [1.54, 1.807) is 37.4 Å². The molecule has 0 amide bonds. The first kappa shape index (κ1) is 22.5. The quantitative estimate of drug-likeness (QED) is 0.517. The molecule has 8 nitrogen and oxygen atoms in total. The van der Waals surface area contributed by atoms with Crippen molar-refractivity contribution in [2.24, 2.45) is 5.92 Å². The maximum atomic E-state index is 12.8. The molecule has 0 saturated heterocycles. The molecule has 5 rings (SSSR count). The first-order valence-corrected chi connectivity index (χ1v) is 12.4. The highest BCUT2D eigenvalue weighted by molar-refractivity contribution is 7.89. The first-order chi connectivity index (χ1) is 16.4. The molecule has 0 radical (unpaired) electrons. The zero-order valence-corrected chi connectivity index (χ0v) is 19.9. The largest absolute Gasteiger partial charge is 0.497 e. The molecule has 0 saturated carbocycles.